The minimum absolute atomic E-state index is 0.176. The van der Waals surface area contributed by atoms with Crippen molar-refractivity contribution in [3.05, 3.63) is 48.0 Å². The summed E-state index contributed by atoms with van der Waals surface area (Å²) in [6, 6.07) is 13.4. The smallest absolute Gasteiger partial charge is 0.293 e. The number of aliphatic hydroxyl groups excluding tert-OH is 1. The second kappa shape index (κ2) is 7.39. The van der Waals surface area contributed by atoms with Gasteiger partial charge in [-0.15, -0.1) is 0 Å². The molecular weight excluding hydrogens is 327 g/mol. The van der Waals surface area contributed by atoms with Crippen LogP contribution < -0.4 is 14.8 Å². The molecule has 1 aliphatic heterocycles. The van der Waals surface area contributed by atoms with Gasteiger partial charge in [-0.25, -0.2) is 0 Å². The molecule has 1 heterocycles. The van der Waals surface area contributed by atoms with Crippen molar-refractivity contribution in [1.82, 2.24) is 0 Å². The minimum Gasteiger partial charge on any atom is -0.502 e. The SMILES string of the molecule is [2H]Oc1c(OC)cc([C@H]2[C@@H]([2H])[C@H](O[2H])OC[P@]2c2ccccc2)cc1OC. The fourth-order valence-electron chi connectivity index (χ4n) is 2.76. The van der Waals surface area contributed by atoms with Crippen molar-refractivity contribution in [2.24, 2.45) is 0 Å². The van der Waals surface area contributed by atoms with Crippen molar-refractivity contribution in [2.75, 3.05) is 20.6 Å². The molecule has 0 saturated carbocycles. The van der Waals surface area contributed by atoms with Crippen molar-refractivity contribution >= 4 is 13.2 Å². The lowest BCUT2D eigenvalue weighted by Crippen LogP contribution is -2.26. The van der Waals surface area contributed by atoms with Crippen LogP contribution in [0.5, 0.6) is 17.2 Å². The number of hydrogen-bond acceptors (Lipinski definition) is 5. The van der Waals surface area contributed by atoms with Crippen molar-refractivity contribution in [2.45, 2.75) is 18.3 Å². The molecule has 1 saturated heterocycles. The van der Waals surface area contributed by atoms with Crippen LogP contribution in [0.25, 0.3) is 0 Å². The third kappa shape index (κ3) is 3.34. The summed E-state index contributed by atoms with van der Waals surface area (Å²) >= 11 is 0. The van der Waals surface area contributed by atoms with Crippen LogP contribution >= 0.6 is 7.92 Å². The number of rotatable bonds is 6. The van der Waals surface area contributed by atoms with Crippen LogP contribution in [0.1, 0.15) is 19.0 Å². The predicted octanol–water partition coefficient (Wildman–Crippen LogP) is 2.95. The lowest BCUT2D eigenvalue weighted by Gasteiger charge is -2.35. The number of methoxy groups -OCH3 is 2. The van der Waals surface area contributed by atoms with Gasteiger partial charge in [-0.05, 0) is 30.9 Å². The first kappa shape index (κ1) is 13.5. The van der Waals surface area contributed by atoms with Gasteiger partial charge in [-0.3, -0.25) is 0 Å². The fourth-order valence-corrected chi connectivity index (χ4v) is 5.11. The summed E-state index contributed by atoms with van der Waals surface area (Å²) in [5, 5.41) is 10.4. The molecule has 2 aromatic rings. The molecule has 5 nitrogen and oxygen atoms in total. The van der Waals surface area contributed by atoms with Gasteiger partial charge >= 0.3 is 0 Å². The van der Waals surface area contributed by atoms with E-state index in [1.807, 2.05) is 30.3 Å². The lowest BCUT2D eigenvalue weighted by molar-refractivity contribution is -0.0928. The Labute approximate surface area is 146 Å². The molecule has 1 fully saturated rings. The van der Waals surface area contributed by atoms with Crippen molar-refractivity contribution in [1.29, 1.82) is 2.86 Å². The topological polar surface area (TPSA) is 68.2 Å². The summed E-state index contributed by atoms with van der Waals surface area (Å²) in [4.78, 5) is 0. The zero-order chi connectivity index (χ0) is 19.4. The van der Waals surface area contributed by atoms with Crippen molar-refractivity contribution in [3.63, 3.8) is 0 Å². The zero-order valence-corrected chi connectivity index (χ0v) is 14.4. The van der Waals surface area contributed by atoms with Gasteiger partial charge in [-0.1, -0.05) is 30.3 Å². The van der Waals surface area contributed by atoms with Crippen LogP contribution in [0.3, 0.4) is 0 Å². The quantitative estimate of drug-likeness (QED) is 0.783. The van der Waals surface area contributed by atoms with Crippen molar-refractivity contribution < 1.29 is 25.8 Å². The van der Waals surface area contributed by atoms with Gasteiger partial charge in [0.2, 0.25) is 7.18 Å². The number of aromatic hydroxyl groups is 1. The maximum Gasteiger partial charge on any atom is 0.293 e. The highest BCUT2D eigenvalue weighted by molar-refractivity contribution is 7.65. The predicted molar refractivity (Wildman–Crippen MR) is 93.5 cm³/mol. The highest BCUT2D eigenvalue weighted by Crippen LogP contribution is 2.57. The zero-order valence-electron chi connectivity index (χ0n) is 16.5. The van der Waals surface area contributed by atoms with E-state index in [0.717, 1.165) is 10.9 Å². The summed E-state index contributed by atoms with van der Waals surface area (Å²) in [5.41, 5.74) is 0.527. The first-order valence-electron chi connectivity index (χ1n) is 8.90. The molecule has 0 aromatic heterocycles. The molecule has 6 heteroatoms. The number of phenolic OH excluding ortho intramolecular Hbond substituents is 1. The first-order valence-corrected chi connectivity index (χ1v) is 9.10. The first-order chi connectivity index (χ1) is 13.1. The van der Waals surface area contributed by atoms with E-state index in [2.05, 4.69) is 10.2 Å². The van der Waals surface area contributed by atoms with E-state index in [9.17, 15) is 0 Å². The van der Waals surface area contributed by atoms with Crippen LogP contribution in [0.15, 0.2) is 42.5 Å². The summed E-state index contributed by atoms with van der Waals surface area (Å²) in [7, 11) is 2.07. The maximum atomic E-state index is 8.65. The Kier molecular flexibility index (Phi) is 4.15. The molecule has 2 N–H and O–H groups in total. The Morgan fingerprint density at radius 1 is 1.21 bits per heavy atom. The Morgan fingerprint density at radius 3 is 2.50 bits per heavy atom. The van der Waals surface area contributed by atoms with Crippen LogP contribution in [0.4, 0.5) is 0 Å². The van der Waals surface area contributed by atoms with E-state index in [4.69, 9.17) is 18.4 Å². The molecule has 0 radical (unpaired) electrons. The summed E-state index contributed by atoms with van der Waals surface area (Å²) < 4.78 is 39.5. The molecule has 1 aliphatic rings. The molecule has 24 heavy (non-hydrogen) atoms. The van der Waals surface area contributed by atoms with Gasteiger partial charge in [0, 0.05) is 13.4 Å². The molecule has 2 aromatic carbocycles. The second-order valence-corrected chi connectivity index (χ2v) is 7.63. The molecule has 0 spiro atoms. The Morgan fingerprint density at radius 2 is 1.92 bits per heavy atom. The standard InChI is InChI=1S/C18H21O5P/c1-21-14-8-12(9-15(22-2)18(14)20)16-10-17(19)23-11-24(16)13-6-4-3-5-7-13/h3-9,16-17,19-20H,10-11H2,1-2H3/t16-,17-,24-/m1/s1/i10D,19D/hD/t10-,16-,17-,24-. The van der Waals surface area contributed by atoms with Crippen LogP contribution in [0.2, 0.25) is 0 Å². The van der Waals surface area contributed by atoms with Gasteiger partial charge in [-0.2, -0.15) is 0 Å². The van der Waals surface area contributed by atoms with Crippen LogP contribution in [0, 0.1) is 0 Å². The average molecular weight is 351 g/mol. The summed E-state index contributed by atoms with van der Waals surface area (Å²) in [5.74, 6) is 0.878. The van der Waals surface area contributed by atoms with Gasteiger partial charge in [0.05, 0.1) is 20.6 Å². The Balaban J connectivity index is 2.10. The largest absolute Gasteiger partial charge is 0.502 e. The van der Waals surface area contributed by atoms with E-state index in [0.29, 0.717) is 17.8 Å². The highest BCUT2D eigenvalue weighted by Gasteiger charge is 2.33. The summed E-state index contributed by atoms with van der Waals surface area (Å²) in [6.07, 6.45) is -1.37. The molecule has 0 unspecified atom stereocenters. The van der Waals surface area contributed by atoms with E-state index < -0.39 is 20.6 Å². The van der Waals surface area contributed by atoms with Gasteiger partial charge in [0.25, 0.3) is 1.43 Å². The molecule has 4 atom stereocenters. The third-order valence-electron chi connectivity index (χ3n) is 3.97. The fraction of sp³-hybridized carbons (Fsp3) is 0.333. The normalized spacial score (nSPS) is 28.3. The van der Waals surface area contributed by atoms with E-state index >= 15 is 0 Å². The van der Waals surface area contributed by atoms with Gasteiger partial charge in [0.15, 0.2) is 17.8 Å². The number of ether oxygens (including phenoxy) is 3. The monoisotopic (exact) mass is 351 g/mol. The number of hydrogen-bond donors (Lipinski definition) is 2. The Hall–Kier alpha value is -1.81. The maximum absolute atomic E-state index is 8.65. The lowest BCUT2D eigenvalue weighted by atomic mass is 10.1. The number of phenols is 1. The molecule has 0 aliphatic carbocycles. The second-order valence-electron chi connectivity index (χ2n) is 5.36. The average Bonchev–Trinajstić information content (AvgIpc) is 2.72. The molecule has 0 bridgehead atoms. The van der Waals surface area contributed by atoms with Crippen LogP contribution in [-0.2, 0) is 4.74 Å². The molecule has 3 rings (SSSR count). The molecule has 128 valence electrons. The minimum atomic E-state index is -0.943. The highest BCUT2D eigenvalue weighted by atomic mass is 31.1. The third-order valence-corrected chi connectivity index (χ3v) is 6.50. The molecule has 0 amide bonds. The molecular formula is C18H21O5P. The van der Waals surface area contributed by atoms with E-state index in [1.54, 1.807) is 12.1 Å². The van der Waals surface area contributed by atoms with Crippen molar-refractivity contribution in [3.8, 4) is 17.2 Å². The van der Waals surface area contributed by atoms with Crippen LogP contribution in [-0.4, -0.2) is 39.9 Å². The summed E-state index contributed by atoms with van der Waals surface area (Å²) in [6.45, 7) is 0. The van der Waals surface area contributed by atoms with Gasteiger partial charge < -0.3 is 24.4 Å². The Bertz CT molecular complexity index is 739. The number of aliphatic hydroxyl groups is 1. The van der Waals surface area contributed by atoms with E-state index in [-0.39, 0.29) is 11.4 Å². The van der Waals surface area contributed by atoms with E-state index in [1.165, 1.54) is 14.2 Å². The number of benzene rings is 2. The van der Waals surface area contributed by atoms with Gasteiger partial charge in [0.1, 0.15) is 0 Å².